The molecule has 4 bridgehead atoms. The minimum Gasteiger partial charge on any atom is -0.308 e. The van der Waals surface area contributed by atoms with E-state index in [9.17, 15) is 0 Å². The molecule has 0 radical (unpaired) electrons. The van der Waals surface area contributed by atoms with Crippen LogP contribution in [0, 0.1) is 38.0 Å². The van der Waals surface area contributed by atoms with Gasteiger partial charge in [0.05, 0.1) is 16.6 Å². The Labute approximate surface area is 358 Å². The summed E-state index contributed by atoms with van der Waals surface area (Å²) in [7, 11) is 0. The summed E-state index contributed by atoms with van der Waals surface area (Å²) < 4.78 is 2.73. The van der Waals surface area contributed by atoms with Crippen molar-refractivity contribution in [3.63, 3.8) is 0 Å². The van der Waals surface area contributed by atoms with E-state index in [1.54, 1.807) is 11.1 Å². The monoisotopic (exact) mass is 791 g/mol. The highest BCUT2D eigenvalue weighted by atomic mass is 16.1. The molecule has 0 N–H and O–H groups in total. The molecule has 61 heavy (non-hydrogen) atoms. The van der Waals surface area contributed by atoms with E-state index in [0.717, 1.165) is 43.1 Å². The first kappa shape index (κ1) is 35.2. The summed E-state index contributed by atoms with van der Waals surface area (Å²) in [6, 6.07) is 36.8. The van der Waals surface area contributed by atoms with Crippen LogP contribution in [0.25, 0.3) is 81.9 Å². The first-order valence-corrected chi connectivity index (χ1v) is 23.7. The largest absolute Gasteiger partial charge is 0.308 e. The summed E-state index contributed by atoms with van der Waals surface area (Å²) in [5, 5.41) is 10.7. The average molecular weight is 792 g/mol. The van der Waals surface area contributed by atoms with Crippen molar-refractivity contribution in [2.24, 2.45) is 17.3 Å². The Morgan fingerprint density at radius 3 is 1.77 bits per heavy atom. The van der Waals surface area contributed by atoms with E-state index < -0.39 is 0 Å². The Bertz CT molecular complexity index is 3380. The topological polar surface area (TPSA) is 21.5 Å². The molecule has 7 aromatic carbocycles. The summed E-state index contributed by atoms with van der Waals surface area (Å²) in [6.45, 7) is 7.46. The molecule has 1 spiro atoms. The molecule has 300 valence electrons. The quantitative estimate of drug-likeness (QED) is 0.171. The zero-order chi connectivity index (χ0) is 40.5. The first-order chi connectivity index (χ1) is 29.9. The van der Waals surface area contributed by atoms with Crippen molar-refractivity contribution < 1.29 is 4.79 Å². The van der Waals surface area contributed by atoms with Crippen LogP contribution in [0.2, 0.25) is 0 Å². The van der Waals surface area contributed by atoms with Crippen molar-refractivity contribution in [3.8, 4) is 22.3 Å². The van der Waals surface area contributed by atoms with Crippen LogP contribution in [0.4, 0.5) is 0 Å². The number of hydrogen-bond acceptors (Lipinski definition) is 1. The third-order valence-corrected chi connectivity index (χ3v) is 17.7. The molecule has 6 aliphatic rings. The summed E-state index contributed by atoms with van der Waals surface area (Å²) in [6.07, 6.45) is 14.5. The number of fused-ring (bicyclic) bond motifs is 9. The predicted molar refractivity (Wildman–Crippen MR) is 255 cm³/mol. The molecule has 0 aliphatic heterocycles. The molecule has 6 aliphatic carbocycles. The molecule has 0 saturated heterocycles. The molecule has 2 nitrogen and oxygen atoms in total. The molecule has 2 atom stereocenters. The second-order valence-electron chi connectivity index (χ2n) is 20.7. The smallest absolute Gasteiger partial charge is 0.169 e. The molecule has 2 aromatic heterocycles. The summed E-state index contributed by atoms with van der Waals surface area (Å²) >= 11 is 0. The predicted octanol–water partition coefficient (Wildman–Crippen LogP) is 15.9. The van der Waals surface area contributed by atoms with E-state index in [0.29, 0.717) is 17.6 Å². The van der Waals surface area contributed by atoms with E-state index in [-0.39, 0.29) is 5.41 Å². The first-order valence-electron chi connectivity index (χ1n) is 23.7. The summed E-state index contributed by atoms with van der Waals surface area (Å²) in [5.41, 5.74) is 19.2. The number of carbonyl (C=O) groups excluding carboxylic acids is 1. The van der Waals surface area contributed by atoms with Gasteiger partial charge in [-0.1, -0.05) is 104 Å². The van der Waals surface area contributed by atoms with Gasteiger partial charge in [-0.15, -0.1) is 0 Å². The number of hydrogen-bond donors (Lipinski definition) is 0. The SMILES string of the molecule is Cc1c(-c2cccc3ccccc23)c2c3cc4c(cc3n3c5c(C)c6c(c(C)c5c(c1-c1cccc5ccccc15)c23)C1CC2CC(C1)CC6C2)C(=O)C1(CCCCC1)CC4. The van der Waals surface area contributed by atoms with Gasteiger partial charge >= 0.3 is 0 Å². The van der Waals surface area contributed by atoms with Gasteiger partial charge in [-0.05, 0) is 192 Å². The number of benzene rings is 7. The van der Waals surface area contributed by atoms with Gasteiger partial charge in [0, 0.05) is 32.5 Å². The van der Waals surface area contributed by atoms with Gasteiger partial charge in [0.2, 0.25) is 0 Å². The van der Waals surface area contributed by atoms with Crippen molar-refractivity contribution in [2.75, 3.05) is 0 Å². The van der Waals surface area contributed by atoms with Gasteiger partial charge in [-0.3, -0.25) is 4.79 Å². The molecule has 2 unspecified atom stereocenters. The lowest BCUT2D eigenvalue weighted by Crippen LogP contribution is -2.37. The van der Waals surface area contributed by atoms with Crippen molar-refractivity contribution in [1.82, 2.24) is 4.40 Å². The molecule has 3 saturated carbocycles. The Morgan fingerprint density at radius 1 is 0.525 bits per heavy atom. The van der Waals surface area contributed by atoms with Crippen LogP contribution < -0.4 is 0 Å². The minimum absolute atomic E-state index is 0.187. The standard InChI is InChI=1S/C59H53NO/c1-32-49-40-26-35-25-36(27-40)29-41(28-35)50(49)34(3)56-53(32)55-52(45-20-12-16-38-14-6-8-18-43(38)45)33(2)51(44-19-11-15-37-13-5-7-17-42(37)44)54-47-30-39-21-24-59(22-9-4-10-23-59)58(61)46(39)31-48(47)60(56)57(54)55/h5-8,11-20,30-31,35-36,40-41H,4,9-10,21-29H2,1-3H3. The van der Waals surface area contributed by atoms with Crippen molar-refractivity contribution in [2.45, 2.75) is 110 Å². The maximum Gasteiger partial charge on any atom is 0.169 e. The van der Waals surface area contributed by atoms with Crippen LogP contribution in [-0.2, 0) is 6.42 Å². The highest BCUT2D eigenvalue weighted by Gasteiger charge is 2.46. The molecular weight excluding hydrogens is 739 g/mol. The Balaban J connectivity index is 1.23. The van der Waals surface area contributed by atoms with Crippen LogP contribution in [0.1, 0.15) is 126 Å². The van der Waals surface area contributed by atoms with Crippen LogP contribution in [0.3, 0.4) is 0 Å². The van der Waals surface area contributed by atoms with Crippen LogP contribution in [-0.4, -0.2) is 10.2 Å². The van der Waals surface area contributed by atoms with Gasteiger partial charge in [-0.2, -0.15) is 0 Å². The third-order valence-electron chi connectivity index (χ3n) is 17.7. The Hall–Kier alpha value is -5.47. The maximum atomic E-state index is 15.1. The number of aromatic nitrogens is 1. The summed E-state index contributed by atoms with van der Waals surface area (Å²) in [4.78, 5) is 15.1. The van der Waals surface area contributed by atoms with E-state index >= 15 is 4.79 Å². The third kappa shape index (κ3) is 4.52. The minimum atomic E-state index is -0.187. The number of Topliss-reactive ketones (excluding diaryl/α,β-unsaturated/α-hetero) is 1. The number of rotatable bonds is 2. The average Bonchev–Trinajstić information content (AvgIpc) is 3.73. The van der Waals surface area contributed by atoms with Crippen LogP contribution in [0.15, 0.2) is 97.1 Å². The Kier molecular flexibility index (Phi) is 7.11. The zero-order valence-electron chi connectivity index (χ0n) is 35.9. The lowest BCUT2D eigenvalue weighted by molar-refractivity contribution is 0.0669. The van der Waals surface area contributed by atoms with Gasteiger partial charge in [0.25, 0.3) is 0 Å². The van der Waals surface area contributed by atoms with E-state index in [2.05, 4.69) is 122 Å². The van der Waals surface area contributed by atoms with Crippen molar-refractivity contribution >= 4 is 65.4 Å². The zero-order valence-corrected chi connectivity index (χ0v) is 35.9. The van der Waals surface area contributed by atoms with Gasteiger partial charge in [-0.25, -0.2) is 0 Å². The maximum absolute atomic E-state index is 15.1. The molecule has 0 amide bonds. The van der Waals surface area contributed by atoms with Gasteiger partial charge < -0.3 is 4.40 Å². The Morgan fingerprint density at radius 2 is 1.11 bits per heavy atom. The number of nitrogens with zero attached hydrogens (tertiary/aromatic N) is 1. The molecular formula is C59H53NO. The number of aryl methyl sites for hydroxylation is 3. The highest BCUT2D eigenvalue weighted by Crippen LogP contribution is 2.61. The fourth-order valence-corrected chi connectivity index (χ4v) is 15.4. The van der Waals surface area contributed by atoms with E-state index in [4.69, 9.17) is 0 Å². The fraction of sp³-hybridized carbons (Fsp3) is 0.339. The lowest BCUT2D eigenvalue weighted by atomic mass is 9.63. The van der Waals surface area contributed by atoms with Gasteiger partial charge in [0.15, 0.2) is 5.78 Å². The molecule has 2 heteroatoms. The van der Waals surface area contributed by atoms with Crippen molar-refractivity contribution in [3.05, 3.63) is 136 Å². The van der Waals surface area contributed by atoms with Crippen LogP contribution >= 0.6 is 0 Å². The molecule has 3 fully saturated rings. The van der Waals surface area contributed by atoms with E-state index in [1.807, 2.05) is 0 Å². The van der Waals surface area contributed by atoms with Crippen molar-refractivity contribution in [1.29, 1.82) is 0 Å². The fourth-order valence-electron chi connectivity index (χ4n) is 15.4. The lowest BCUT2D eigenvalue weighted by Gasteiger charge is -2.39. The summed E-state index contributed by atoms with van der Waals surface area (Å²) in [5.74, 6) is 3.43. The second-order valence-corrected chi connectivity index (χ2v) is 20.7. The van der Waals surface area contributed by atoms with E-state index in [1.165, 1.54) is 156 Å². The normalized spacial score (nSPS) is 23.0. The van der Waals surface area contributed by atoms with Gasteiger partial charge in [0.1, 0.15) is 0 Å². The molecule has 2 heterocycles. The molecule has 9 aromatic rings. The molecule has 15 rings (SSSR count). The van der Waals surface area contributed by atoms with Crippen LogP contribution in [0.5, 0.6) is 0 Å². The highest BCUT2D eigenvalue weighted by molar-refractivity contribution is 6.34. The number of carbonyl (C=O) groups is 1. The number of ketones is 1. The second kappa shape index (κ2) is 12.3.